The lowest BCUT2D eigenvalue weighted by Crippen LogP contribution is -2.52. The van der Waals surface area contributed by atoms with Crippen molar-refractivity contribution in [2.24, 2.45) is 0 Å². The van der Waals surface area contributed by atoms with Gasteiger partial charge in [-0.1, -0.05) is 36.2 Å². The summed E-state index contributed by atoms with van der Waals surface area (Å²) in [6.07, 6.45) is 1.70. The summed E-state index contributed by atoms with van der Waals surface area (Å²) in [6, 6.07) is 8.48. The topological polar surface area (TPSA) is 105 Å². The lowest BCUT2D eigenvalue weighted by atomic mass is 10.1. The number of benzene rings is 2. The van der Waals surface area contributed by atoms with Crippen LogP contribution in [0.1, 0.15) is 32.8 Å². The van der Waals surface area contributed by atoms with Crippen LogP contribution in [0.25, 0.3) is 0 Å². The van der Waals surface area contributed by atoms with Gasteiger partial charge in [0.1, 0.15) is 12.6 Å². The van der Waals surface area contributed by atoms with E-state index < -0.39 is 28.5 Å². The number of anilines is 1. The van der Waals surface area contributed by atoms with Gasteiger partial charge in [-0.15, -0.1) is 0 Å². The van der Waals surface area contributed by atoms with Crippen molar-refractivity contribution in [2.75, 3.05) is 23.9 Å². The summed E-state index contributed by atoms with van der Waals surface area (Å²) in [5.41, 5.74) is 0.675. The van der Waals surface area contributed by atoms with Crippen LogP contribution in [0.15, 0.2) is 36.4 Å². The molecule has 0 unspecified atom stereocenters. The summed E-state index contributed by atoms with van der Waals surface area (Å²) < 4.78 is 37.0. The number of ether oxygens (including phenoxy) is 2. The van der Waals surface area contributed by atoms with Gasteiger partial charge >= 0.3 is 0 Å². The number of hydrogen-bond donors (Lipinski definition) is 1. The maximum Gasteiger partial charge on any atom is 0.244 e. The van der Waals surface area contributed by atoms with E-state index in [9.17, 15) is 18.0 Å². The molecule has 0 aromatic heterocycles. The molecule has 0 saturated heterocycles. The molecule has 0 spiro atoms. The van der Waals surface area contributed by atoms with Gasteiger partial charge in [-0.05, 0) is 44.5 Å². The average Bonchev–Trinajstić information content (AvgIpc) is 3.29. The van der Waals surface area contributed by atoms with Crippen LogP contribution in [0.2, 0.25) is 10.0 Å². The molecule has 1 aliphatic heterocycles. The van der Waals surface area contributed by atoms with Crippen LogP contribution in [-0.4, -0.2) is 56.8 Å². The standard InChI is InChI=1S/C24H29Cl2N3O6S/c1-5-15(2)27-24(31)16(3)28(12-18-19(25)7-6-8-20(18)26)23(30)13-29(36(4,32)33)17-9-10-21-22(11-17)35-14-34-21/h6-11,15-16H,5,12-14H2,1-4H3,(H,27,31)/t15-,16+/m1/s1. The zero-order chi connectivity index (χ0) is 26.6. The van der Waals surface area contributed by atoms with Crippen molar-refractivity contribution in [3.05, 3.63) is 52.0 Å². The van der Waals surface area contributed by atoms with Gasteiger partial charge in [0, 0.05) is 34.3 Å². The Hall–Kier alpha value is -2.69. The lowest BCUT2D eigenvalue weighted by Gasteiger charge is -2.32. The number of amides is 2. The molecule has 36 heavy (non-hydrogen) atoms. The number of sulfonamides is 1. The maximum absolute atomic E-state index is 13.6. The minimum atomic E-state index is -3.89. The number of rotatable bonds is 10. The smallest absolute Gasteiger partial charge is 0.244 e. The Kier molecular flexibility index (Phi) is 8.97. The number of carbonyl (C=O) groups excluding carboxylic acids is 2. The summed E-state index contributed by atoms with van der Waals surface area (Å²) in [7, 11) is -3.89. The van der Waals surface area contributed by atoms with Crippen LogP contribution in [0.3, 0.4) is 0 Å². The minimum absolute atomic E-state index is 0.0196. The SMILES string of the molecule is CC[C@@H](C)NC(=O)[C@H](C)N(Cc1c(Cl)cccc1Cl)C(=O)CN(c1ccc2c(c1)OCO2)S(C)(=O)=O. The van der Waals surface area contributed by atoms with Crippen molar-refractivity contribution in [1.29, 1.82) is 0 Å². The first kappa shape index (κ1) is 27.9. The number of nitrogens with one attached hydrogen (secondary N) is 1. The van der Waals surface area contributed by atoms with Crippen molar-refractivity contribution in [2.45, 2.75) is 45.8 Å². The molecule has 2 aromatic rings. The highest BCUT2D eigenvalue weighted by Crippen LogP contribution is 2.36. The van der Waals surface area contributed by atoms with Crippen molar-refractivity contribution in [3.63, 3.8) is 0 Å². The van der Waals surface area contributed by atoms with E-state index in [0.29, 0.717) is 33.5 Å². The van der Waals surface area contributed by atoms with E-state index in [1.54, 1.807) is 31.2 Å². The molecule has 2 atom stereocenters. The highest BCUT2D eigenvalue weighted by Gasteiger charge is 2.32. The molecule has 1 aliphatic rings. The van der Waals surface area contributed by atoms with Crippen molar-refractivity contribution in [1.82, 2.24) is 10.2 Å². The molecule has 9 nitrogen and oxygen atoms in total. The van der Waals surface area contributed by atoms with E-state index >= 15 is 0 Å². The summed E-state index contributed by atoms with van der Waals surface area (Å²) in [5.74, 6) is -0.144. The quantitative estimate of drug-likeness (QED) is 0.476. The molecule has 0 aliphatic carbocycles. The number of carbonyl (C=O) groups is 2. The van der Waals surface area contributed by atoms with Gasteiger partial charge in [0.2, 0.25) is 28.6 Å². The second-order valence-corrected chi connectivity index (χ2v) is 11.2. The first-order valence-corrected chi connectivity index (χ1v) is 13.9. The predicted molar refractivity (Wildman–Crippen MR) is 139 cm³/mol. The van der Waals surface area contributed by atoms with Crippen LogP contribution < -0.4 is 19.1 Å². The molecule has 2 aromatic carbocycles. The number of nitrogens with zero attached hydrogens (tertiary/aromatic N) is 2. The molecule has 0 fully saturated rings. The van der Waals surface area contributed by atoms with E-state index in [0.717, 1.165) is 10.6 Å². The van der Waals surface area contributed by atoms with Crippen molar-refractivity contribution < 1.29 is 27.5 Å². The summed E-state index contributed by atoms with van der Waals surface area (Å²) >= 11 is 12.7. The van der Waals surface area contributed by atoms with Crippen LogP contribution in [-0.2, 0) is 26.2 Å². The van der Waals surface area contributed by atoms with Crippen LogP contribution in [0.4, 0.5) is 5.69 Å². The molecule has 1 N–H and O–H groups in total. The predicted octanol–water partition coefficient (Wildman–Crippen LogP) is 3.82. The molecule has 12 heteroatoms. The molecule has 0 radical (unpaired) electrons. The molecule has 0 saturated carbocycles. The van der Waals surface area contributed by atoms with Crippen LogP contribution >= 0.6 is 23.2 Å². The largest absolute Gasteiger partial charge is 0.454 e. The zero-order valence-electron chi connectivity index (χ0n) is 20.5. The maximum atomic E-state index is 13.6. The average molecular weight is 558 g/mol. The monoisotopic (exact) mass is 557 g/mol. The fourth-order valence-corrected chi connectivity index (χ4v) is 4.91. The Bertz CT molecular complexity index is 1220. The van der Waals surface area contributed by atoms with Gasteiger partial charge in [-0.3, -0.25) is 13.9 Å². The first-order valence-electron chi connectivity index (χ1n) is 11.3. The number of fused-ring (bicyclic) bond motifs is 1. The summed E-state index contributed by atoms with van der Waals surface area (Å²) in [6.45, 7) is 4.73. The van der Waals surface area contributed by atoms with E-state index in [-0.39, 0.29) is 31.0 Å². The number of halogens is 2. The van der Waals surface area contributed by atoms with E-state index in [1.165, 1.54) is 17.0 Å². The third-order valence-electron chi connectivity index (χ3n) is 5.88. The van der Waals surface area contributed by atoms with Gasteiger partial charge in [0.05, 0.1) is 11.9 Å². The third-order valence-corrected chi connectivity index (χ3v) is 7.73. The van der Waals surface area contributed by atoms with Crippen LogP contribution in [0, 0.1) is 0 Å². The third kappa shape index (κ3) is 6.54. The first-order chi connectivity index (χ1) is 16.9. The molecular weight excluding hydrogens is 529 g/mol. The van der Waals surface area contributed by atoms with E-state index in [2.05, 4.69) is 5.32 Å². The summed E-state index contributed by atoms with van der Waals surface area (Å²) in [4.78, 5) is 27.9. The molecule has 196 valence electrons. The van der Waals surface area contributed by atoms with Crippen molar-refractivity contribution >= 4 is 50.7 Å². The normalized spacial score (nSPS) is 14.2. The fourth-order valence-electron chi connectivity index (χ4n) is 3.56. The second-order valence-electron chi connectivity index (χ2n) is 8.52. The number of hydrogen-bond acceptors (Lipinski definition) is 6. The van der Waals surface area contributed by atoms with Crippen LogP contribution in [0.5, 0.6) is 11.5 Å². The summed E-state index contributed by atoms with van der Waals surface area (Å²) in [5, 5.41) is 3.51. The Balaban J connectivity index is 1.95. The Morgan fingerprint density at radius 3 is 2.33 bits per heavy atom. The lowest BCUT2D eigenvalue weighted by molar-refractivity contribution is -0.139. The van der Waals surface area contributed by atoms with E-state index in [4.69, 9.17) is 32.7 Å². The van der Waals surface area contributed by atoms with E-state index in [1.807, 2.05) is 13.8 Å². The Morgan fingerprint density at radius 1 is 1.08 bits per heavy atom. The van der Waals surface area contributed by atoms with Crippen molar-refractivity contribution in [3.8, 4) is 11.5 Å². The molecule has 3 rings (SSSR count). The molecule has 0 bridgehead atoms. The van der Waals surface area contributed by atoms with Gasteiger partial charge in [0.25, 0.3) is 0 Å². The zero-order valence-corrected chi connectivity index (χ0v) is 22.8. The fraction of sp³-hybridized carbons (Fsp3) is 0.417. The van der Waals surface area contributed by atoms with Gasteiger partial charge < -0.3 is 19.7 Å². The van der Waals surface area contributed by atoms with Gasteiger partial charge in [-0.2, -0.15) is 0 Å². The highest BCUT2D eigenvalue weighted by molar-refractivity contribution is 7.92. The second kappa shape index (κ2) is 11.6. The molecular formula is C24H29Cl2N3O6S. The Labute approximate surface area is 221 Å². The molecule has 2 amide bonds. The van der Waals surface area contributed by atoms with Gasteiger partial charge in [0.15, 0.2) is 11.5 Å². The highest BCUT2D eigenvalue weighted by atomic mass is 35.5. The Morgan fingerprint density at radius 2 is 1.72 bits per heavy atom. The minimum Gasteiger partial charge on any atom is -0.454 e. The van der Waals surface area contributed by atoms with Gasteiger partial charge in [-0.25, -0.2) is 8.42 Å². The molecule has 1 heterocycles.